The van der Waals surface area contributed by atoms with Gasteiger partial charge in [-0.3, -0.25) is 4.79 Å². The lowest BCUT2D eigenvalue weighted by Crippen LogP contribution is -2.17. The number of ether oxygens (including phenoxy) is 1. The van der Waals surface area contributed by atoms with E-state index in [1.54, 1.807) is 13.2 Å². The first-order valence-corrected chi connectivity index (χ1v) is 9.07. The van der Waals surface area contributed by atoms with Crippen LogP contribution in [0.3, 0.4) is 0 Å². The maximum atomic E-state index is 12.7. The van der Waals surface area contributed by atoms with Crippen LogP contribution in [0.5, 0.6) is 5.75 Å². The SMILES string of the molecule is COc1ccccc1CNc1nc(C)cc(C(=O)Nc2cccc(C)c2C)n1. The highest BCUT2D eigenvalue weighted by atomic mass is 16.5. The summed E-state index contributed by atoms with van der Waals surface area (Å²) >= 11 is 0. The summed E-state index contributed by atoms with van der Waals surface area (Å²) in [5.41, 5.74) is 4.95. The number of aromatic nitrogens is 2. The highest BCUT2D eigenvalue weighted by molar-refractivity contribution is 6.03. The van der Waals surface area contributed by atoms with Gasteiger partial charge in [0.1, 0.15) is 11.4 Å². The molecule has 6 heteroatoms. The molecule has 0 spiro atoms. The third kappa shape index (κ3) is 4.46. The van der Waals surface area contributed by atoms with E-state index < -0.39 is 0 Å². The summed E-state index contributed by atoms with van der Waals surface area (Å²) in [4.78, 5) is 21.5. The molecule has 144 valence electrons. The standard InChI is InChI=1S/C22H24N4O2/c1-14-8-7-10-18(16(14)3)25-21(27)19-12-15(2)24-22(26-19)23-13-17-9-5-6-11-20(17)28-4/h5-12H,13H2,1-4H3,(H,25,27)(H,23,24,26). The zero-order valence-corrected chi connectivity index (χ0v) is 16.5. The molecule has 0 saturated carbocycles. The Morgan fingerprint density at radius 2 is 1.82 bits per heavy atom. The van der Waals surface area contributed by atoms with Gasteiger partial charge in [0.25, 0.3) is 5.91 Å². The third-order valence-electron chi connectivity index (χ3n) is 4.57. The van der Waals surface area contributed by atoms with E-state index >= 15 is 0 Å². The van der Waals surface area contributed by atoms with Gasteiger partial charge in [-0.25, -0.2) is 9.97 Å². The zero-order valence-electron chi connectivity index (χ0n) is 16.5. The van der Waals surface area contributed by atoms with Crippen LogP contribution in [-0.4, -0.2) is 23.0 Å². The quantitative estimate of drug-likeness (QED) is 0.672. The average Bonchev–Trinajstić information content (AvgIpc) is 2.69. The Morgan fingerprint density at radius 3 is 2.61 bits per heavy atom. The fraction of sp³-hybridized carbons (Fsp3) is 0.227. The van der Waals surface area contributed by atoms with E-state index in [9.17, 15) is 4.79 Å². The molecule has 3 rings (SSSR count). The number of para-hydroxylation sites is 1. The summed E-state index contributed by atoms with van der Waals surface area (Å²) in [6.07, 6.45) is 0. The molecule has 0 aliphatic rings. The van der Waals surface area contributed by atoms with Crippen molar-refractivity contribution in [2.45, 2.75) is 27.3 Å². The molecule has 0 atom stereocenters. The second-order valence-corrected chi connectivity index (χ2v) is 6.59. The molecule has 0 saturated heterocycles. The maximum absolute atomic E-state index is 12.7. The number of methoxy groups -OCH3 is 1. The number of nitrogens with zero attached hydrogens (tertiary/aromatic N) is 2. The fourth-order valence-electron chi connectivity index (χ4n) is 2.86. The predicted octanol–water partition coefficient (Wildman–Crippen LogP) is 4.27. The van der Waals surface area contributed by atoms with Crippen molar-refractivity contribution >= 4 is 17.5 Å². The maximum Gasteiger partial charge on any atom is 0.274 e. The molecule has 28 heavy (non-hydrogen) atoms. The number of carbonyl (C=O) groups is 1. The second kappa shape index (κ2) is 8.52. The van der Waals surface area contributed by atoms with Crippen LogP contribution < -0.4 is 15.4 Å². The van der Waals surface area contributed by atoms with Gasteiger partial charge in [-0.2, -0.15) is 0 Å². The highest BCUT2D eigenvalue weighted by Gasteiger charge is 2.13. The van der Waals surface area contributed by atoms with Gasteiger partial charge in [-0.15, -0.1) is 0 Å². The lowest BCUT2D eigenvalue weighted by Gasteiger charge is -2.12. The molecule has 0 radical (unpaired) electrons. The number of aryl methyl sites for hydroxylation is 2. The normalized spacial score (nSPS) is 10.4. The first kappa shape index (κ1) is 19.4. The minimum Gasteiger partial charge on any atom is -0.496 e. The van der Waals surface area contributed by atoms with Crippen molar-refractivity contribution < 1.29 is 9.53 Å². The predicted molar refractivity (Wildman–Crippen MR) is 111 cm³/mol. The highest BCUT2D eigenvalue weighted by Crippen LogP contribution is 2.20. The van der Waals surface area contributed by atoms with E-state index in [-0.39, 0.29) is 5.91 Å². The summed E-state index contributed by atoms with van der Waals surface area (Å²) in [6, 6.07) is 15.2. The number of benzene rings is 2. The van der Waals surface area contributed by atoms with E-state index in [4.69, 9.17) is 4.74 Å². The van der Waals surface area contributed by atoms with Crippen molar-refractivity contribution in [1.29, 1.82) is 0 Å². The second-order valence-electron chi connectivity index (χ2n) is 6.59. The lowest BCUT2D eigenvalue weighted by molar-refractivity contribution is 0.102. The summed E-state index contributed by atoms with van der Waals surface area (Å²) in [6.45, 7) is 6.33. The number of nitrogens with one attached hydrogen (secondary N) is 2. The number of hydrogen-bond donors (Lipinski definition) is 2. The Bertz CT molecular complexity index is 1000. The molecule has 2 N–H and O–H groups in total. The van der Waals surface area contributed by atoms with Crippen molar-refractivity contribution in [3.8, 4) is 5.75 Å². The van der Waals surface area contributed by atoms with Crippen LogP contribution in [-0.2, 0) is 6.54 Å². The fourth-order valence-corrected chi connectivity index (χ4v) is 2.86. The number of rotatable bonds is 6. The summed E-state index contributed by atoms with van der Waals surface area (Å²) < 4.78 is 5.36. The van der Waals surface area contributed by atoms with Gasteiger partial charge in [0, 0.05) is 23.5 Å². The van der Waals surface area contributed by atoms with Gasteiger partial charge >= 0.3 is 0 Å². The molecule has 1 aromatic heterocycles. The van der Waals surface area contributed by atoms with E-state index in [2.05, 4.69) is 20.6 Å². The first-order chi connectivity index (χ1) is 13.5. The van der Waals surface area contributed by atoms with Gasteiger partial charge in [0.15, 0.2) is 0 Å². The third-order valence-corrected chi connectivity index (χ3v) is 4.57. The largest absolute Gasteiger partial charge is 0.496 e. The minimum absolute atomic E-state index is 0.264. The molecule has 3 aromatic rings. The van der Waals surface area contributed by atoms with Crippen LogP contribution in [0.4, 0.5) is 11.6 Å². The van der Waals surface area contributed by atoms with Crippen molar-refractivity contribution in [2.24, 2.45) is 0 Å². The van der Waals surface area contributed by atoms with Crippen LogP contribution in [0.1, 0.15) is 32.9 Å². The Kier molecular flexibility index (Phi) is 5.89. The molecule has 6 nitrogen and oxygen atoms in total. The topological polar surface area (TPSA) is 76.1 Å². The van der Waals surface area contributed by atoms with Crippen LogP contribution in [0.25, 0.3) is 0 Å². The van der Waals surface area contributed by atoms with Crippen molar-refractivity contribution in [2.75, 3.05) is 17.7 Å². The average molecular weight is 376 g/mol. The Morgan fingerprint density at radius 1 is 1.04 bits per heavy atom. The lowest BCUT2D eigenvalue weighted by atomic mass is 10.1. The molecule has 0 aliphatic heterocycles. The molecule has 0 fully saturated rings. The van der Waals surface area contributed by atoms with Crippen LogP contribution >= 0.6 is 0 Å². The van der Waals surface area contributed by atoms with Gasteiger partial charge in [-0.1, -0.05) is 30.3 Å². The number of amides is 1. The Hall–Kier alpha value is -3.41. The molecule has 1 heterocycles. The van der Waals surface area contributed by atoms with Crippen molar-refractivity contribution in [1.82, 2.24) is 9.97 Å². The summed E-state index contributed by atoms with van der Waals surface area (Å²) in [5, 5.41) is 6.11. The van der Waals surface area contributed by atoms with Crippen LogP contribution in [0.2, 0.25) is 0 Å². The Balaban J connectivity index is 1.77. The molecular formula is C22H24N4O2. The van der Waals surface area contributed by atoms with Crippen molar-refractivity contribution in [3.05, 3.63) is 76.6 Å². The molecule has 0 unspecified atom stereocenters. The van der Waals surface area contributed by atoms with E-state index in [0.717, 1.165) is 28.1 Å². The Labute approximate surface area is 165 Å². The van der Waals surface area contributed by atoms with E-state index in [0.29, 0.717) is 23.9 Å². The van der Waals surface area contributed by atoms with Gasteiger partial charge in [-0.05, 0) is 50.1 Å². The molecule has 2 aromatic carbocycles. The summed E-state index contributed by atoms with van der Waals surface area (Å²) in [5.74, 6) is 0.923. The van der Waals surface area contributed by atoms with Gasteiger partial charge < -0.3 is 15.4 Å². The molecule has 0 aliphatic carbocycles. The van der Waals surface area contributed by atoms with Gasteiger partial charge in [0.2, 0.25) is 5.95 Å². The first-order valence-electron chi connectivity index (χ1n) is 9.07. The van der Waals surface area contributed by atoms with Crippen LogP contribution in [0, 0.1) is 20.8 Å². The van der Waals surface area contributed by atoms with E-state index in [1.165, 1.54) is 0 Å². The minimum atomic E-state index is -0.264. The molecule has 0 bridgehead atoms. The van der Waals surface area contributed by atoms with Crippen LogP contribution in [0.15, 0.2) is 48.5 Å². The monoisotopic (exact) mass is 376 g/mol. The smallest absolute Gasteiger partial charge is 0.274 e. The zero-order chi connectivity index (χ0) is 20.1. The molecule has 1 amide bonds. The number of anilines is 2. The number of carbonyl (C=O) groups excluding carboxylic acids is 1. The summed E-state index contributed by atoms with van der Waals surface area (Å²) in [7, 11) is 1.64. The van der Waals surface area contributed by atoms with E-state index in [1.807, 2.05) is 63.2 Å². The number of hydrogen-bond acceptors (Lipinski definition) is 5. The molecular weight excluding hydrogens is 352 g/mol. The van der Waals surface area contributed by atoms with Gasteiger partial charge in [0.05, 0.1) is 7.11 Å². The van der Waals surface area contributed by atoms with Crippen molar-refractivity contribution in [3.63, 3.8) is 0 Å².